The second-order valence-electron chi connectivity index (χ2n) is 6.82. The first-order chi connectivity index (χ1) is 13.0. The summed E-state index contributed by atoms with van der Waals surface area (Å²) in [5.41, 5.74) is 0.0479. The van der Waals surface area contributed by atoms with Crippen molar-refractivity contribution in [3.05, 3.63) is 55.7 Å². The molecule has 0 amide bonds. The highest BCUT2D eigenvalue weighted by atomic mass is 32.1. The number of hydrogen-bond donors (Lipinski definition) is 0. The zero-order chi connectivity index (χ0) is 19.1. The van der Waals surface area contributed by atoms with Crippen LogP contribution in [-0.2, 0) is 14.1 Å². The van der Waals surface area contributed by atoms with Crippen LogP contribution in [0, 0.1) is 11.3 Å². The van der Waals surface area contributed by atoms with Gasteiger partial charge < -0.3 is 4.90 Å². The second kappa shape index (κ2) is 6.67. The number of nitrogens with zero attached hydrogens (tertiary/aromatic N) is 5. The van der Waals surface area contributed by atoms with E-state index >= 15 is 0 Å². The van der Waals surface area contributed by atoms with Gasteiger partial charge in [-0.1, -0.05) is 12.1 Å². The average molecular weight is 381 g/mol. The number of benzene rings is 1. The molecular formula is C19H19N5O2S. The molecule has 27 heavy (non-hydrogen) atoms. The molecule has 1 saturated heterocycles. The first-order valence-corrected chi connectivity index (χ1v) is 9.63. The van der Waals surface area contributed by atoms with E-state index in [4.69, 9.17) is 4.98 Å². The summed E-state index contributed by atoms with van der Waals surface area (Å²) in [6.45, 7) is 1.34. The van der Waals surface area contributed by atoms with E-state index in [0.717, 1.165) is 32.6 Å². The Morgan fingerprint density at radius 2 is 2.00 bits per heavy atom. The number of thiazole rings is 1. The Labute approximate surface area is 159 Å². The third kappa shape index (κ3) is 2.84. The molecule has 8 heteroatoms. The summed E-state index contributed by atoms with van der Waals surface area (Å²) in [4.78, 5) is 31.5. The quantitative estimate of drug-likeness (QED) is 0.677. The predicted molar refractivity (Wildman–Crippen MR) is 105 cm³/mol. The van der Waals surface area contributed by atoms with Gasteiger partial charge in [-0.25, -0.2) is 9.78 Å². The molecular weight excluding hydrogens is 362 g/mol. The van der Waals surface area contributed by atoms with Gasteiger partial charge in [-0.15, -0.1) is 11.3 Å². The van der Waals surface area contributed by atoms with Gasteiger partial charge in [-0.05, 0) is 25.0 Å². The van der Waals surface area contributed by atoms with Gasteiger partial charge >= 0.3 is 5.69 Å². The lowest BCUT2D eigenvalue weighted by Gasteiger charge is -2.34. The maximum atomic E-state index is 12.4. The van der Waals surface area contributed by atoms with Crippen LogP contribution < -0.4 is 16.1 Å². The van der Waals surface area contributed by atoms with Crippen molar-refractivity contribution < 1.29 is 0 Å². The summed E-state index contributed by atoms with van der Waals surface area (Å²) in [6.07, 6.45) is 1.91. The lowest BCUT2D eigenvalue weighted by atomic mass is 9.98. The van der Waals surface area contributed by atoms with Gasteiger partial charge in [0.1, 0.15) is 11.9 Å². The Morgan fingerprint density at radius 1 is 1.22 bits per heavy atom. The zero-order valence-electron chi connectivity index (χ0n) is 15.2. The third-order valence-electron chi connectivity index (χ3n) is 5.13. The molecule has 1 atom stereocenters. The highest BCUT2D eigenvalue weighted by Crippen LogP contribution is 2.34. The SMILES string of the molecule is Cn1c(N2CCCC(c3nc4ccccc4s3)C2)c(C#N)c(=O)n(C)c1=O. The fraction of sp³-hybridized carbons (Fsp3) is 0.368. The lowest BCUT2D eigenvalue weighted by molar-refractivity contribution is 0.496. The Kier molecular flexibility index (Phi) is 4.32. The Bertz CT molecular complexity index is 1150. The van der Waals surface area contributed by atoms with Crippen LogP contribution in [0.2, 0.25) is 0 Å². The van der Waals surface area contributed by atoms with Gasteiger partial charge in [0.25, 0.3) is 5.56 Å². The Balaban J connectivity index is 1.75. The van der Waals surface area contributed by atoms with E-state index < -0.39 is 11.2 Å². The van der Waals surface area contributed by atoms with Crippen LogP contribution in [0.1, 0.15) is 29.3 Å². The van der Waals surface area contributed by atoms with Crippen LogP contribution in [0.3, 0.4) is 0 Å². The van der Waals surface area contributed by atoms with Crippen molar-refractivity contribution in [2.45, 2.75) is 18.8 Å². The van der Waals surface area contributed by atoms with Crippen LogP contribution in [-0.4, -0.2) is 27.2 Å². The van der Waals surface area contributed by atoms with Crippen LogP contribution in [0.4, 0.5) is 5.82 Å². The largest absolute Gasteiger partial charge is 0.356 e. The minimum Gasteiger partial charge on any atom is -0.356 e. The number of piperidine rings is 1. The molecule has 1 aliphatic rings. The van der Waals surface area contributed by atoms with E-state index in [-0.39, 0.29) is 11.5 Å². The third-order valence-corrected chi connectivity index (χ3v) is 6.32. The molecule has 4 rings (SSSR count). The fourth-order valence-corrected chi connectivity index (χ4v) is 4.83. The second-order valence-corrected chi connectivity index (χ2v) is 7.88. The van der Waals surface area contributed by atoms with Gasteiger partial charge in [0.15, 0.2) is 5.56 Å². The molecule has 1 fully saturated rings. The number of rotatable bonds is 2. The van der Waals surface area contributed by atoms with E-state index in [2.05, 4.69) is 6.07 Å². The molecule has 2 aromatic heterocycles. The van der Waals surface area contributed by atoms with Crippen molar-refractivity contribution in [3.63, 3.8) is 0 Å². The van der Waals surface area contributed by atoms with Crippen molar-refractivity contribution in [1.82, 2.24) is 14.1 Å². The topological polar surface area (TPSA) is 83.9 Å². The summed E-state index contributed by atoms with van der Waals surface area (Å²) in [6, 6.07) is 10.1. The van der Waals surface area contributed by atoms with Gasteiger partial charge in [0.2, 0.25) is 0 Å². The maximum absolute atomic E-state index is 12.4. The minimum absolute atomic E-state index is 0.0181. The highest BCUT2D eigenvalue weighted by Gasteiger charge is 2.28. The first kappa shape index (κ1) is 17.5. The molecule has 7 nitrogen and oxygen atoms in total. The smallest absolute Gasteiger partial charge is 0.332 e. The Morgan fingerprint density at radius 3 is 2.74 bits per heavy atom. The number of hydrogen-bond acceptors (Lipinski definition) is 6. The van der Waals surface area contributed by atoms with Crippen molar-refractivity contribution in [2.24, 2.45) is 14.1 Å². The normalized spacial score (nSPS) is 17.2. The van der Waals surface area contributed by atoms with E-state index in [1.165, 1.54) is 11.6 Å². The molecule has 0 bridgehead atoms. The van der Waals surface area contributed by atoms with Gasteiger partial charge in [0, 0.05) is 33.1 Å². The summed E-state index contributed by atoms with van der Waals surface area (Å²) >= 11 is 1.69. The number of nitriles is 1. The molecule has 1 unspecified atom stereocenters. The Hall–Kier alpha value is -2.92. The standard InChI is InChI=1S/C19H19N5O2S/c1-22-17(13(10-20)18(25)23(2)19(22)26)24-9-5-6-12(11-24)16-21-14-7-3-4-8-15(14)27-16/h3-4,7-8,12H,5-6,9,11H2,1-2H3. The molecule has 0 spiro atoms. The molecule has 3 aromatic rings. The monoisotopic (exact) mass is 381 g/mol. The lowest BCUT2D eigenvalue weighted by Crippen LogP contribution is -2.45. The molecule has 1 aromatic carbocycles. The van der Waals surface area contributed by atoms with Gasteiger partial charge in [-0.3, -0.25) is 13.9 Å². The number of aromatic nitrogens is 3. The van der Waals surface area contributed by atoms with E-state index in [9.17, 15) is 14.9 Å². The molecule has 138 valence electrons. The molecule has 0 saturated carbocycles. The van der Waals surface area contributed by atoms with Gasteiger partial charge in [-0.2, -0.15) is 5.26 Å². The summed E-state index contributed by atoms with van der Waals surface area (Å²) in [7, 11) is 3.01. The molecule has 0 radical (unpaired) electrons. The van der Waals surface area contributed by atoms with E-state index in [1.807, 2.05) is 29.2 Å². The predicted octanol–water partition coefficient (Wildman–Crippen LogP) is 1.95. The van der Waals surface area contributed by atoms with E-state index in [0.29, 0.717) is 18.9 Å². The van der Waals surface area contributed by atoms with Crippen molar-refractivity contribution in [1.29, 1.82) is 5.26 Å². The van der Waals surface area contributed by atoms with Crippen LogP contribution in [0.25, 0.3) is 10.2 Å². The highest BCUT2D eigenvalue weighted by molar-refractivity contribution is 7.18. The summed E-state index contributed by atoms with van der Waals surface area (Å²) < 4.78 is 3.54. The summed E-state index contributed by atoms with van der Waals surface area (Å²) in [5, 5.41) is 10.6. The van der Waals surface area contributed by atoms with Gasteiger partial charge in [0.05, 0.1) is 15.2 Å². The fourth-order valence-electron chi connectivity index (χ4n) is 3.74. The van der Waals surface area contributed by atoms with E-state index in [1.54, 1.807) is 18.4 Å². The average Bonchev–Trinajstić information content (AvgIpc) is 3.13. The molecule has 1 aliphatic heterocycles. The number of para-hydroxylation sites is 1. The minimum atomic E-state index is -0.544. The molecule has 3 heterocycles. The van der Waals surface area contributed by atoms with Crippen molar-refractivity contribution >= 4 is 27.4 Å². The number of fused-ring (bicyclic) bond motifs is 1. The summed E-state index contributed by atoms with van der Waals surface area (Å²) in [5.74, 6) is 0.623. The zero-order valence-corrected chi connectivity index (χ0v) is 16.0. The molecule has 0 aliphatic carbocycles. The van der Waals surface area contributed by atoms with Crippen molar-refractivity contribution in [3.8, 4) is 6.07 Å². The maximum Gasteiger partial charge on any atom is 0.332 e. The van der Waals surface area contributed by atoms with Crippen LogP contribution >= 0.6 is 11.3 Å². The number of anilines is 1. The first-order valence-electron chi connectivity index (χ1n) is 8.81. The van der Waals surface area contributed by atoms with Crippen LogP contribution in [0.15, 0.2) is 33.9 Å². The van der Waals surface area contributed by atoms with Crippen molar-refractivity contribution in [2.75, 3.05) is 18.0 Å². The molecule has 0 N–H and O–H groups in total. The van der Waals surface area contributed by atoms with Crippen LogP contribution in [0.5, 0.6) is 0 Å².